The molecular formula is C13H22N2O. The van der Waals surface area contributed by atoms with Crippen LogP contribution in [0.15, 0.2) is 24.4 Å². The van der Waals surface area contributed by atoms with Gasteiger partial charge in [-0.05, 0) is 32.4 Å². The van der Waals surface area contributed by atoms with Crippen LogP contribution in [0.25, 0.3) is 0 Å². The molecule has 0 fully saturated rings. The predicted octanol–water partition coefficient (Wildman–Crippen LogP) is 2.68. The third-order valence-corrected chi connectivity index (χ3v) is 2.53. The monoisotopic (exact) mass is 222 g/mol. The summed E-state index contributed by atoms with van der Waals surface area (Å²) in [6, 6.07) is 5.78. The standard InChI is InChI=1S/C13H22N2O/c1-4-7-10(2)16-13(11(3)14)12-8-5-6-9-15-12/h5-6,8-11,13H,4,7,14H2,1-3H3. The Morgan fingerprint density at radius 3 is 2.62 bits per heavy atom. The van der Waals surface area contributed by atoms with Gasteiger partial charge in [-0.3, -0.25) is 4.98 Å². The third kappa shape index (κ3) is 3.91. The topological polar surface area (TPSA) is 48.1 Å². The maximum atomic E-state index is 5.95. The fraction of sp³-hybridized carbons (Fsp3) is 0.615. The SMILES string of the molecule is CCCC(C)OC(c1ccccn1)C(C)N. The van der Waals surface area contributed by atoms with Gasteiger partial charge in [0.1, 0.15) is 6.10 Å². The lowest BCUT2D eigenvalue weighted by atomic mass is 10.1. The minimum atomic E-state index is -0.109. The fourth-order valence-electron chi connectivity index (χ4n) is 1.73. The zero-order valence-electron chi connectivity index (χ0n) is 10.4. The van der Waals surface area contributed by atoms with Crippen LogP contribution in [0.1, 0.15) is 45.4 Å². The van der Waals surface area contributed by atoms with Gasteiger partial charge >= 0.3 is 0 Å². The molecule has 0 saturated heterocycles. The number of nitrogens with zero attached hydrogens (tertiary/aromatic N) is 1. The van der Waals surface area contributed by atoms with E-state index in [0.29, 0.717) is 0 Å². The average molecular weight is 222 g/mol. The molecule has 0 spiro atoms. The van der Waals surface area contributed by atoms with E-state index in [1.807, 2.05) is 25.1 Å². The Morgan fingerprint density at radius 1 is 1.38 bits per heavy atom. The van der Waals surface area contributed by atoms with Crippen LogP contribution in [0.2, 0.25) is 0 Å². The van der Waals surface area contributed by atoms with Gasteiger partial charge in [0.2, 0.25) is 0 Å². The van der Waals surface area contributed by atoms with Crippen molar-refractivity contribution in [2.24, 2.45) is 5.73 Å². The van der Waals surface area contributed by atoms with Crippen molar-refractivity contribution in [3.8, 4) is 0 Å². The van der Waals surface area contributed by atoms with Gasteiger partial charge in [-0.1, -0.05) is 19.4 Å². The molecule has 0 radical (unpaired) electrons. The Labute approximate surface area is 98.0 Å². The molecule has 1 heterocycles. The van der Waals surface area contributed by atoms with Gasteiger partial charge in [-0.15, -0.1) is 0 Å². The first kappa shape index (κ1) is 13.1. The lowest BCUT2D eigenvalue weighted by Gasteiger charge is -2.24. The Balaban J connectivity index is 2.69. The lowest BCUT2D eigenvalue weighted by Crippen LogP contribution is -2.30. The van der Waals surface area contributed by atoms with Crippen molar-refractivity contribution in [2.75, 3.05) is 0 Å². The summed E-state index contributed by atoms with van der Waals surface area (Å²) in [5.74, 6) is 0. The van der Waals surface area contributed by atoms with Gasteiger partial charge in [0.15, 0.2) is 0 Å². The summed E-state index contributed by atoms with van der Waals surface area (Å²) in [6.45, 7) is 6.20. The molecule has 0 aromatic carbocycles. The van der Waals surface area contributed by atoms with Gasteiger partial charge in [0.25, 0.3) is 0 Å². The number of pyridine rings is 1. The summed E-state index contributed by atoms with van der Waals surface area (Å²) in [7, 11) is 0. The van der Waals surface area contributed by atoms with Crippen LogP contribution in [0.5, 0.6) is 0 Å². The molecule has 3 nitrogen and oxygen atoms in total. The first-order chi connectivity index (χ1) is 7.65. The number of hydrogen-bond acceptors (Lipinski definition) is 3. The van der Waals surface area contributed by atoms with E-state index in [1.54, 1.807) is 6.20 Å². The van der Waals surface area contributed by atoms with Crippen molar-refractivity contribution in [1.29, 1.82) is 0 Å². The molecule has 3 unspecified atom stereocenters. The fourth-order valence-corrected chi connectivity index (χ4v) is 1.73. The molecule has 1 aromatic heterocycles. The van der Waals surface area contributed by atoms with Crippen LogP contribution in [-0.2, 0) is 4.74 Å². The summed E-state index contributed by atoms with van der Waals surface area (Å²) < 4.78 is 5.95. The first-order valence-electron chi connectivity index (χ1n) is 5.97. The first-order valence-corrected chi connectivity index (χ1v) is 5.97. The van der Waals surface area contributed by atoms with Crippen molar-refractivity contribution in [2.45, 2.75) is 51.9 Å². The van der Waals surface area contributed by atoms with E-state index in [9.17, 15) is 0 Å². The Kier molecular flexibility index (Phi) is 5.43. The van der Waals surface area contributed by atoms with E-state index < -0.39 is 0 Å². The van der Waals surface area contributed by atoms with Crippen LogP contribution in [-0.4, -0.2) is 17.1 Å². The molecule has 0 saturated carbocycles. The Hall–Kier alpha value is -0.930. The van der Waals surface area contributed by atoms with Crippen molar-refractivity contribution in [3.63, 3.8) is 0 Å². The highest BCUT2D eigenvalue weighted by Gasteiger charge is 2.20. The van der Waals surface area contributed by atoms with Crippen molar-refractivity contribution in [1.82, 2.24) is 4.98 Å². The van der Waals surface area contributed by atoms with Crippen molar-refractivity contribution < 1.29 is 4.74 Å². The molecule has 0 amide bonds. The summed E-state index contributed by atoms with van der Waals surface area (Å²) in [4.78, 5) is 4.31. The summed E-state index contributed by atoms with van der Waals surface area (Å²) in [5.41, 5.74) is 6.87. The predicted molar refractivity (Wildman–Crippen MR) is 66.1 cm³/mol. The molecular weight excluding hydrogens is 200 g/mol. The molecule has 3 atom stereocenters. The molecule has 0 aliphatic rings. The number of rotatable bonds is 6. The average Bonchev–Trinajstić information content (AvgIpc) is 2.27. The van der Waals surface area contributed by atoms with Crippen LogP contribution in [0.4, 0.5) is 0 Å². The maximum absolute atomic E-state index is 5.95. The molecule has 16 heavy (non-hydrogen) atoms. The van der Waals surface area contributed by atoms with Gasteiger partial charge < -0.3 is 10.5 Å². The summed E-state index contributed by atoms with van der Waals surface area (Å²) in [6.07, 6.45) is 4.06. The van der Waals surface area contributed by atoms with E-state index in [0.717, 1.165) is 18.5 Å². The highest BCUT2D eigenvalue weighted by atomic mass is 16.5. The Morgan fingerprint density at radius 2 is 2.12 bits per heavy atom. The molecule has 3 heteroatoms. The minimum Gasteiger partial charge on any atom is -0.367 e. The quantitative estimate of drug-likeness (QED) is 0.805. The molecule has 0 aliphatic carbocycles. The van der Waals surface area contributed by atoms with E-state index >= 15 is 0 Å². The molecule has 0 bridgehead atoms. The zero-order valence-corrected chi connectivity index (χ0v) is 10.4. The van der Waals surface area contributed by atoms with Crippen LogP contribution in [0, 0.1) is 0 Å². The van der Waals surface area contributed by atoms with Crippen LogP contribution < -0.4 is 5.73 Å². The van der Waals surface area contributed by atoms with Crippen LogP contribution >= 0.6 is 0 Å². The summed E-state index contributed by atoms with van der Waals surface area (Å²) >= 11 is 0. The maximum Gasteiger partial charge on any atom is 0.114 e. The largest absolute Gasteiger partial charge is 0.367 e. The molecule has 1 aromatic rings. The smallest absolute Gasteiger partial charge is 0.114 e. The molecule has 0 aliphatic heterocycles. The van der Waals surface area contributed by atoms with E-state index in [1.165, 1.54) is 0 Å². The molecule has 1 rings (SSSR count). The van der Waals surface area contributed by atoms with Gasteiger partial charge in [-0.25, -0.2) is 0 Å². The van der Waals surface area contributed by atoms with Crippen LogP contribution in [0.3, 0.4) is 0 Å². The Bertz CT molecular complexity index is 287. The molecule has 2 N–H and O–H groups in total. The second kappa shape index (κ2) is 6.61. The normalized spacial score (nSPS) is 16.8. The zero-order chi connectivity index (χ0) is 12.0. The second-order valence-electron chi connectivity index (χ2n) is 4.27. The molecule has 90 valence electrons. The second-order valence-corrected chi connectivity index (χ2v) is 4.27. The lowest BCUT2D eigenvalue weighted by molar-refractivity contribution is -0.0209. The van der Waals surface area contributed by atoms with E-state index in [2.05, 4.69) is 18.8 Å². The highest BCUT2D eigenvalue weighted by Crippen LogP contribution is 2.21. The number of nitrogens with two attached hydrogens (primary N) is 1. The number of aromatic nitrogens is 1. The minimum absolute atomic E-state index is 0.0470. The number of ether oxygens (including phenoxy) is 1. The van der Waals surface area contributed by atoms with E-state index in [-0.39, 0.29) is 18.2 Å². The van der Waals surface area contributed by atoms with Gasteiger partial charge in [0, 0.05) is 12.2 Å². The summed E-state index contributed by atoms with van der Waals surface area (Å²) in [5, 5.41) is 0. The van der Waals surface area contributed by atoms with Gasteiger partial charge in [-0.2, -0.15) is 0 Å². The third-order valence-electron chi connectivity index (χ3n) is 2.53. The number of hydrogen-bond donors (Lipinski definition) is 1. The van der Waals surface area contributed by atoms with Gasteiger partial charge in [0.05, 0.1) is 11.8 Å². The van der Waals surface area contributed by atoms with Crippen molar-refractivity contribution in [3.05, 3.63) is 30.1 Å². The highest BCUT2D eigenvalue weighted by molar-refractivity contribution is 5.08. The van der Waals surface area contributed by atoms with E-state index in [4.69, 9.17) is 10.5 Å². The van der Waals surface area contributed by atoms with Crippen molar-refractivity contribution >= 4 is 0 Å².